The Morgan fingerprint density at radius 1 is 0.833 bits per heavy atom. The Hall–Kier alpha value is -3.94. The molecule has 10 heteroatoms. The average Bonchev–Trinajstić information content (AvgIpc) is 3.12. The molecule has 0 aliphatic carbocycles. The Bertz CT molecular complexity index is 1200. The molecule has 1 N–H and O–H groups in total. The van der Waals surface area contributed by atoms with E-state index in [1.807, 2.05) is 0 Å². The second-order valence-electron chi connectivity index (χ2n) is 7.95. The first-order valence-corrected chi connectivity index (χ1v) is 12.9. The fourth-order valence-electron chi connectivity index (χ4n) is 3.55. The maximum atomic E-state index is 13.7. The van der Waals surface area contributed by atoms with Gasteiger partial charge in [0.2, 0.25) is 5.91 Å². The Labute approximate surface area is 208 Å². The van der Waals surface area contributed by atoms with Crippen LogP contribution in [0.1, 0.15) is 27.6 Å². The zero-order valence-electron chi connectivity index (χ0n) is 19.5. The zero-order chi connectivity index (χ0) is 25.5. The zero-order valence-corrected chi connectivity index (χ0v) is 20.4. The minimum Gasteiger partial charge on any atom is -0.415 e. The van der Waals surface area contributed by atoms with Crippen LogP contribution >= 0.6 is 7.60 Å². The van der Waals surface area contributed by atoms with Crippen LogP contribution in [-0.4, -0.2) is 48.2 Å². The van der Waals surface area contributed by atoms with Gasteiger partial charge in [0, 0.05) is 0 Å². The lowest BCUT2D eigenvalue weighted by atomic mass is 10.1. The Kier molecular flexibility index (Phi) is 7.83. The molecule has 36 heavy (non-hydrogen) atoms. The van der Waals surface area contributed by atoms with Crippen LogP contribution in [0, 0.1) is 0 Å². The van der Waals surface area contributed by atoms with Crippen LogP contribution < -0.4 is 14.4 Å². The van der Waals surface area contributed by atoms with E-state index in [1.54, 1.807) is 84.9 Å². The Morgan fingerprint density at radius 3 is 1.81 bits per heavy atom. The van der Waals surface area contributed by atoms with Gasteiger partial charge in [-0.1, -0.05) is 48.5 Å². The van der Waals surface area contributed by atoms with Gasteiger partial charge in [-0.05, 0) is 43.3 Å². The van der Waals surface area contributed by atoms with Crippen LogP contribution in [0.5, 0.6) is 11.5 Å². The summed E-state index contributed by atoms with van der Waals surface area (Å²) >= 11 is 0. The normalized spacial score (nSPS) is 13.8. The molecule has 3 aromatic carbocycles. The molecule has 0 fully saturated rings. The molecule has 0 bridgehead atoms. The van der Waals surface area contributed by atoms with Gasteiger partial charge in [-0.25, -0.2) is 4.57 Å². The lowest BCUT2D eigenvalue weighted by molar-refractivity contribution is -0.125. The highest BCUT2D eigenvalue weighted by Crippen LogP contribution is 2.51. The Morgan fingerprint density at radius 2 is 1.31 bits per heavy atom. The molecule has 1 atom stereocenters. The summed E-state index contributed by atoms with van der Waals surface area (Å²) in [5.41, 5.74) is 0.698. The first-order chi connectivity index (χ1) is 17.4. The topological polar surface area (TPSA) is 111 Å². The predicted octanol–water partition coefficient (Wildman–Crippen LogP) is 4.11. The molecule has 0 saturated carbocycles. The highest BCUT2D eigenvalue weighted by molar-refractivity contribution is 7.55. The maximum absolute atomic E-state index is 13.7. The van der Waals surface area contributed by atoms with Crippen molar-refractivity contribution in [3.05, 3.63) is 96.1 Å². The van der Waals surface area contributed by atoms with Gasteiger partial charge in [0.05, 0.1) is 24.3 Å². The third kappa shape index (κ3) is 5.82. The molecule has 0 aromatic heterocycles. The van der Waals surface area contributed by atoms with E-state index in [0.717, 1.165) is 4.90 Å². The van der Waals surface area contributed by atoms with E-state index in [1.165, 1.54) is 6.92 Å². The van der Waals surface area contributed by atoms with Crippen LogP contribution in [0.2, 0.25) is 0 Å². The second-order valence-corrected chi connectivity index (χ2v) is 10.2. The fourth-order valence-corrected chi connectivity index (χ4v) is 5.04. The van der Waals surface area contributed by atoms with E-state index in [9.17, 15) is 18.9 Å². The standard InChI is InChI=1S/C26H25N2O7P/c1-19(36(32,34-20-10-4-2-5-11-20)35-21-12-6-3-7-13-21)27-24(29)18-33-17-16-28-25(30)22-14-8-9-15-23(22)26(28)31/h2-15,19H,16-18H2,1H3,(H,27,29). The van der Waals surface area contributed by atoms with E-state index in [-0.39, 0.29) is 19.8 Å². The van der Waals surface area contributed by atoms with E-state index < -0.39 is 31.1 Å². The minimum atomic E-state index is -3.90. The number of para-hydroxylation sites is 2. The van der Waals surface area contributed by atoms with Gasteiger partial charge in [-0.2, -0.15) is 0 Å². The molecule has 9 nitrogen and oxygen atoms in total. The van der Waals surface area contributed by atoms with Crippen molar-refractivity contribution in [1.82, 2.24) is 10.2 Å². The van der Waals surface area contributed by atoms with Crippen LogP contribution in [0.25, 0.3) is 0 Å². The number of hydrogen-bond donors (Lipinski definition) is 1. The first kappa shape index (κ1) is 25.2. The molecule has 0 radical (unpaired) electrons. The number of carbonyl (C=O) groups is 3. The van der Waals surface area contributed by atoms with Gasteiger partial charge in [-0.3, -0.25) is 19.3 Å². The van der Waals surface area contributed by atoms with Crippen LogP contribution in [0.3, 0.4) is 0 Å². The smallest absolute Gasteiger partial charge is 0.415 e. The number of imide groups is 1. The summed E-state index contributed by atoms with van der Waals surface area (Å²) in [7, 11) is -3.90. The van der Waals surface area contributed by atoms with Crippen LogP contribution in [0.15, 0.2) is 84.9 Å². The molecular formula is C26H25N2O7P. The molecule has 1 heterocycles. The minimum absolute atomic E-state index is 0.00189. The van der Waals surface area contributed by atoms with E-state index in [2.05, 4.69) is 5.32 Å². The third-order valence-corrected chi connectivity index (χ3v) is 7.37. The number of carbonyl (C=O) groups excluding carboxylic acids is 3. The molecule has 186 valence electrons. The molecule has 4 rings (SSSR count). The maximum Gasteiger partial charge on any atom is 0.452 e. The molecule has 3 amide bonds. The van der Waals surface area contributed by atoms with Crippen molar-refractivity contribution in [2.45, 2.75) is 12.7 Å². The quantitative estimate of drug-likeness (QED) is 0.236. The molecule has 0 saturated heterocycles. The highest BCUT2D eigenvalue weighted by Gasteiger charge is 2.38. The molecule has 0 spiro atoms. The summed E-state index contributed by atoms with van der Waals surface area (Å²) in [6.45, 7) is 1.11. The number of ether oxygens (including phenoxy) is 1. The lowest BCUT2D eigenvalue weighted by Gasteiger charge is -2.25. The van der Waals surface area contributed by atoms with Crippen LogP contribution in [0.4, 0.5) is 0 Å². The van der Waals surface area contributed by atoms with Crippen LogP contribution in [-0.2, 0) is 14.1 Å². The van der Waals surface area contributed by atoms with Crippen molar-refractivity contribution in [3.63, 3.8) is 0 Å². The number of rotatable bonds is 11. The first-order valence-electron chi connectivity index (χ1n) is 11.3. The molecule has 1 unspecified atom stereocenters. The predicted molar refractivity (Wildman–Crippen MR) is 132 cm³/mol. The van der Waals surface area contributed by atoms with Gasteiger partial charge >= 0.3 is 7.60 Å². The van der Waals surface area contributed by atoms with Crippen molar-refractivity contribution in [2.24, 2.45) is 0 Å². The van der Waals surface area contributed by atoms with Gasteiger partial charge in [0.1, 0.15) is 18.1 Å². The van der Waals surface area contributed by atoms with Crippen molar-refractivity contribution in [1.29, 1.82) is 0 Å². The molecule has 1 aliphatic heterocycles. The SMILES string of the molecule is CC(NC(=O)COCCN1C(=O)c2ccccc2C1=O)P(=O)(Oc1ccccc1)Oc1ccccc1. The van der Waals surface area contributed by atoms with Crippen molar-refractivity contribution in [3.8, 4) is 11.5 Å². The number of amides is 3. The van der Waals surface area contributed by atoms with Gasteiger partial charge in [0.15, 0.2) is 5.78 Å². The summed E-state index contributed by atoms with van der Waals surface area (Å²) in [4.78, 5) is 38.4. The monoisotopic (exact) mass is 508 g/mol. The summed E-state index contributed by atoms with van der Waals surface area (Å²) in [6.07, 6.45) is 0. The number of nitrogens with one attached hydrogen (secondary N) is 1. The number of hydrogen-bond acceptors (Lipinski definition) is 7. The number of fused-ring (bicyclic) bond motifs is 1. The lowest BCUT2D eigenvalue weighted by Crippen LogP contribution is -2.38. The van der Waals surface area contributed by atoms with E-state index in [0.29, 0.717) is 22.6 Å². The van der Waals surface area contributed by atoms with Gasteiger partial charge in [-0.15, -0.1) is 0 Å². The third-order valence-electron chi connectivity index (χ3n) is 5.37. The van der Waals surface area contributed by atoms with E-state index >= 15 is 0 Å². The van der Waals surface area contributed by atoms with Crippen molar-refractivity contribution < 1.29 is 32.7 Å². The second kappa shape index (κ2) is 11.2. The number of nitrogens with zero attached hydrogens (tertiary/aromatic N) is 1. The van der Waals surface area contributed by atoms with Gasteiger partial charge < -0.3 is 19.1 Å². The molecule has 1 aliphatic rings. The highest BCUT2D eigenvalue weighted by atomic mass is 31.2. The summed E-state index contributed by atoms with van der Waals surface area (Å²) in [6, 6.07) is 23.6. The van der Waals surface area contributed by atoms with Crippen molar-refractivity contribution in [2.75, 3.05) is 19.8 Å². The average molecular weight is 508 g/mol. The fraction of sp³-hybridized carbons (Fsp3) is 0.192. The summed E-state index contributed by atoms with van der Waals surface area (Å²) in [5.74, 6) is -1.70. The summed E-state index contributed by atoms with van der Waals surface area (Å²) < 4.78 is 30.5. The summed E-state index contributed by atoms with van der Waals surface area (Å²) in [5, 5.41) is 2.60. The number of benzene rings is 3. The Balaban J connectivity index is 1.32. The molecular weight excluding hydrogens is 483 g/mol. The van der Waals surface area contributed by atoms with Gasteiger partial charge in [0.25, 0.3) is 11.8 Å². The van der Waals surface area contributed by atoms with E-state index in [4.69, 9.17) is 13.8 Å². The largest absolute Gasteiger partial charge is 0.452 e. The van der Waals surface area contributed by atoms with Crippen molar-refractivity contribution >= 4 is 25.3 Å². The molecule has 3 aromatic rings.